The van der Waals surface area contributed by atoms with Gasteiger partial charge in [0.25, 0.3) is 0 Å². The molecule has 0 amide bonds. The van der Waals surface area contributed by atoms with E-state index >= 15 is 0 Å². The van der Waals surface area contributed by atoms with Crippen LogP contribution in [0.25, 0.3) is 0 Å². The molecular weight excluding hydrogens is 206 g/mol. The lowest BCUT2D eigenvalue weighted by atomic mass is 9.74. The highest BCUT2D eigenvalue weighted by molar-refractivity contribution is 5.30. The van der Waals surface area contributed by atoms with E-state index in [0.29, 0.717) is 18.4 Å². The van der Waals surface area contributed by atoms with Gasteiger partial charge in [-0.3, -0.25) is 0 Å². The maximum atomic E-state index is 9.51. The lowest BCUT2D eigenvalue weighted by Gasteiger charge is -2.35. The molecule has 1 heterocycles. The average molecular weight is 225 g/mol. The Bertz CT molecular complexity index is 332. The standard InChI is InChI=1S/C10H19N5O/c11-8-13-9(15-14-8)12-6-10(7-16)4-2-1-3-5-10/h16H,1-7H2,(H4,11,12,13,14,15). The number of nitrogens with two attached hydrogens (primary N) is 1. The largest absolute Gasteiger partial charge is 0.396 e. The van der Waals surface area contributed by atoms with Crippen LogP contribution < -0.4 is 11.1 Å². The molecule has 1 aliphatic carbocycles. The first-order valence-electron chi connectivity index (χ1n) is 5.77. The van der Waals surface area contributed by atoms with Gasteiger partial charge in [0, 0.05) is 12.0 Å². The van der Waals surface area contributed by atoms with Crippen molar-refractivity contribution in [1.29, 1.82) is 0 Å². The minimum Gasteiger partial charge on any atom is -0.396 e. The van der Waals surface area contributed by atoms with Crippen molar-refractivity contribution in [1.82, 2.24) is 15.2 Å². The molecule has 0 aliphatic heterocycles. The van der Waals surface area contributed by atoms with Crippen LogP contribution in [0, 0.1) is 5.41 Å². The van der Waals surface area contributed by atoms with Gasteiger partial charge in [0.15, 0.2) is 0 Å². The molecule has 5 N–H and O–H groups in total. The van der Waals surface area contributed by atoms with E-state index in [1.165, 1.54) is 19.3 Å². The van der Waals surface area contributed by atoms with E-state index < -0.39 is 0 Å². The van der Waals surface area contributed by atoms with Gasteiger partial charge in [-0.1, -0.05) is 19.3 Å². The molecule has 1 aromatic heterocycles. The number of nitrogen functional groups attached to an aromatic ring is 1. The van der Waals surface area contributed by atoms with E-state index in [4.69, 9.17) is 5.73 Å². The summed E-state index contributed by atoms with van der Waals surface area (Å²) in [4.78, 5) is 3.98. The van der Waals surface area contributed by atoms with Crippen LogP contribution in [0.5, 0.6) is 0 Å². The molecule has 1 aromatic rings. The maximum Gasteiger partial charge on any atom is 0.243 e. The molecule has 0 aromatic carbocycles. The summed E-state index contributed by atoms with van der Waals surface area (Å²) in [6.45, 7) is 0.931. The topological polar surface area (TPSA) is 99.8 Å². The van der Waals surface area contributed by atoms with E-state index in [0.717, 1.165) is 12.8 Å². The van der Waals surface area contributed by atoms with Crippen molar-refractivity contribution in [3.05, 3.63) is 0 Å². The fraction of sp³-hybridized carbons (Fsp3) is 0.800. The van der Waals surface area contributed by atoms with E-state index in [1.54, 1.807) is 0 Å². The third-order valence-corrected chi connectivity index (χ3v) is 3.37. The van der Waals surface area contributed by atoms with Crippen molar-refractivity contribution < 1.29 is 5.11 Å². The Balaban J connectivity index is 1.91. The van der Waals surface area contributed by atoms with Crippen LogP contribution in [0.1, 0.15) is 32.1 Å². The Morgan fingerprint density at radius 1 is 1.38 bits per heavy atom. The second-order valence-corrected chi connectivity index (χ2v) is 4.62. The molecule has 1 fully saturated rings. The highest BCUT2D eigenvalue weighted by atomic mass is 16.3. The summed E-state index contributed by atoms with van der Waals surface area (Å²) in [6.07, 6.45) is 5.79. The second kappa shape index (κ2) is 4.69. The van der Waals surface area contributed by atoms with E-state index in [1.807, 2.05) is 0 Å². The van der Waals surface area contributed by atoms with Gasteiger partial charge >= 0.3 is 0 Å². The van der Waals surface area contributed by atoms with Gasteiger partial charge in [0.1, 0.15) is 0 Å². The van der Waals surface area contributed by atoms with Gasteiger partial charge in [0.2, 0.25) is 11.9 Å². The van der Waals surface area contributed by atoms with Crippen molar-refractivity contribution in [3.8, 4) is 0 Å². The number of aliphatic hydroxyl groups excluding tert-OH is 1. The molecule has 0 saturated heterocycles. The maximum absolute atomic E-state index is 9.51. The second-order valence-electron chi connectivity index (χ2n) is 4.62. The minimum atomic E-state index is -0.00631. The van der Waals surface area contributed by atoms with Gasteiger partial charge in [0.05, 0.1) is 6.61 Å². The summed E-state index contributed by atoms with van der Waals surface area (Å²) in [6, 6.07) is 0. The van der Waals surface area contributed by atoms with Crippen LogP contribution in [0.3, 0.4) is 0 Å². The number of nitrogens with one attached hydrogen (secondary N) is 2. The molecule has 0 unspecified atom stereocenters. The molecule has 6 heteroatoms. The van der Waals surface area contributed by atoms with E-state index in [-0.39, 0.29) is 12.0 Å². The number of hydrogen-bond donors (Lipinski definition) is 4. The zero-order valence-electron chi connectivity index (χ0n) is 9.37. The Hall–Kier alpha value is -1.30. The van der Waals surface area contributed by atoms with E-state index in [9.17, 15) is 5.11 Å². The lowest BCUT2D eigenvalue weighted by molar-refractivity contribution is 0.0942. The smallest absolute Gasteiger partial charge is 0.243 e. The first-order valence-corrected chi connectivity index (χ1v) is 5.77. The number of hydrogen-bond acceptors (Lipinski definition) is 5. The number of aromatic amines is 1. The molecule has 0 atom stereocenters. The summed E-state index contributed by atoms with van der Waals surface area (Å²) in [5, 5.41) is 19.1. The molecule has 6 nitrogen and oxygen atoms in total. The van der Waals surface area contributed by atoms with Crippen molar-refractivity contribution in [2.24, 2.45) is 5.41 Å². The Morgan fingerprint density at radius 2 is 2.12 bits per heavy atom. The van der Waals surface area contributed by atoms with Gasteiger partial charge in [-0.15, -0.1) is 5.10 Å². The molecule has 16 heavy (non-hydrogen) atoms. The number of aliphatic hydroxyl groups is 1. The average Bonchev–Trinajstić information content (AvgIpc) is 2.74. The van der Waals surface area contributed by atoms with Gasteiger partial charge < -0.3 is 16.2 Å². The van der Waals surface area contributed by atoms with Crippen molar-refractivity contribution in [2.45, 2.75) is 32.1 Å². The summed E-state index contributed by atoms with van der Waals surface area (Å²) >= 11 is 0. The highest BCUT2D eigenvalue weighted by Crippen LogP contribution is 2.35. The quantitative estimate of drug-likeness (QED) is 0.605. The molecule has 90 valence electrons. The van der Waals surface area contributed by atoms with Gasteiger partial charge in [-0.05, 0) is 12.8 Å². The van der Waals surface area contributed by atoms with Crippen LogP contribution in [-0.4, -0.2) is 33.4 Å². The molecule has 1 aliphatic rings. The lowest BCUT2D eigenvalue weighted by Crippen LogP contribution is -2.35. The number of anilines is 2. The van der Waals surface area contributed by atoms with E-state index in [2.05, 4.69) is 20.5 Å². The molecular formula is C10H19N5O. The van der Waals surface area contributed by atoms with Crippen LogP contribution in [0.4, 0.5) is 11.9 Å². The van der Waals surface area contributed by atoms with Crippen LogP contribution in [0.2, 0.25) is 0 Å². The predicted octanol–water partition coefficient (Wildman–Crippen LogP) is 0.742. The summed E-state index contributed by atoms with van der Waals surface area (Å²) in [7, 11) is 0. The SMILES string of the molecule is Nc1nc(NCC2(CO)CCCCC2)n[nH]1. The third kappa shape index (κ3) is 2.44. The Kier molecular flexibility index (Phi) is 3.28. The van der Waals surface area contributed by atoms with Crippen molar-refractivity contribution in [2.75, 3.05) is 24.2 Å². The summed E-state index contributed by atoms with van der Waals surface area (Å²) in [5.74, 6) is 0.820. The number of nitrogens with zero attached hydrogens (tertiary/aromatic N) is 2. The van der Waals surface area contributed by atoms with Crippen LogP contribution in [0.15, 0.2) is 0 Å². The fourth-order valence-corrected chi connectivity index (χ4v) is 2.31. The van der Waals surface area contributed by atoms with Crippen LogP contribution >= 0.6 is 0 Å². The third-order valence-electron chi connectivity index (χ3n) is 3.37. The monoisotopic (exact) mass is 225 g/mol. The zero-order chi connectivity index (χ0) is 11.4. The molecule has 0 radical (unpaired) electrons. The molecule has 1 saturated carbocycles. The Morgan fingerprint density at radius 3 is 2.69 bits per heavy atom. The first kappa shape index (κ1) is 11.2. The number of rotatable bonds is 4. The molecule has 0 bridgehead atoms. The zero-order valence-corrected chi connectivity index (χ0v) is 9.37. The molecule has 2 rings (SSSR count). The predicted molar refractivity (Wildman–Crippen MR) is 61.9 cm³/mol. The summed E-state index contributed by atoms with van der Waals surface area (Å²) in [5.41, 5.74) is 5.43. The molecule has 0 spiro atoms. The first-order chi connectivity index (χ1) is 7.74. The van der Waals surface area contributed by atoms with Gasteiger partial charge in [-0.25, -0.2) is 5.10 Å². The minimum absolute atomic E-state index is 0.00631. The van der Waals surface area contributed by atoms with Crippen molar-refractivity contribution >= 4 is 11.9 Å². The Labute approximate surface area is 94.6 Å². The normalized spacial score (nSPS) is 19.6. The highest BCUT2D eigenvalue weighted by Gasteiger charge is 2.31. The summed E-state index contributed by atoms with van der Waals surface area (Å²) < 4.78 is 0. The van der Waals surface area contributed by atoms with Gasteiger partial charge in [-0.2, -0.15) is 4.98 Å². The number of aromatic nitrogens is 3. The number of H-pyrrole nitrogens is 1. The fourth-order valence-electron chi connectivity index (χ4n) is 2.31. The van der Waals surface area contributed by atoms with Crippen LogP contribution in [-0.2, 0) is 0 Å². The van der Waals surface area contributed by atoms with Crippen molar-refractivity contribution in [3.63, 3.8) is 0 Å².